The molecule has 0 N–H and O–H groups in total. The molecule has 1 aliphatic carbocycles. The second-order valence-electron chi connectivity index (χ2n) is 5.96. The van der Waals surface area contributed by atoms with E-state index < -0.39 is 0 Å². The number of aryl methyl sites for hydroxylation is 2. The van der Waals surface area contributed by atoms with E-state index in [0.29, 0.717) is 11.9 Å². The highest BCUT2D eigenvalue weighted by atomic mass is 35.5. The maximum absolute atomic E-state index is 12.8. The fourth-order valence-corrected chi connectivity index (χ4v) is 3.82. The van der Waals surface area contributed by atoms with Crippen molar-refractivity contribution in [1.29, 1.82) is 0 Å². The lowest BCUT2D eigenvalue weighted by atomic mass is 9.98. The van der Waals surface area contributed by atoms with Gasteiger partial charge in [0.2, 0.25) is 0 Å². The summed E-state index contributed by atoms with van der Waals surface area (Å²) in [4.78, 5) is 14.8. The first-order chi connectivity index (χ1) is 9.79. The number of halogens is 1. The Hall–Kier alpha value is -1.02. The third-order valence-corrected chi connectivity index (χ3v) is 4.89. The van der Waals surface area contributed by atoms with Gasteiger partial charge in [-0.15, -0.1) is 11.6 Å². The van der Waals surface area contributed by atoms with Gasteiger partial charge in [0, 0.05) is 24.0 Å². The van der Waals surface area contributed by atoms with Gasteiger partial charge in [0.1, 0.15) is 0 Å². The molecular weight excluding hydrogens is 270 g/mol. The Morgan fingerprint density at radius 1 is 1.20 bits per heavy atom. The maximum atomic E-state index is 12.8. The zero-order valence-electron chi connectivity index (χ0n) is 11.9. The molecule has 2 nitrogen and oxygen atoms in total. The standard InChI is InChI=1S/C17H22ClNO/c18-10-9-16-6-1-2-11-19(16)17(20)15-8-7-13-4-3-5-14(13)12-15/h7-8,12,16H,1-6,9-11H2. The van der Waals surface area contributed by atoms with Crippen LogP contribution in [0.25, 0.3) is 0 Å². The summed E-state index contributed by atoms with van der Waals surface area (Å²) >= 11 is 5.89. The molecule has 1 fully saturated rings. The molecule has 1 aromatic carbocycles. The molecule has 2 aliphatic rings. The average Bonchev–Trinajstić information content (AvgIpc) is 2.95. The number of alkyl halides is 1. The fourth-order valence-electron chi connectivity index (χ4n) is 3.56. The van der Waals surface area contributed by atoms with Crippen LogP contribution in [0.15, 0.2) is 18.2 Å². The second-order valence-corrected chi connectivity index (χ2v) is 6.34. The van der Waals surface area contributed by atoms with E-state index in [-0.39, 0.29) is 5.91 Å². The van der Waals surface area contributed by atoms with E-state index in [9.17, 15) is 4.79 Å². The molecule has 1 heterocycles. The number of hydrogen-bond acceptors (Lipinski definition) is 1. The number of rotatable bonds is 3. The molecular formula is C17H22ClNO. The summed E-state index contributed by atoms with van der Waals surface area (Å²) in [6.45, 7) is 0.886. The number of likely N-dealkylation sites (tertiary alicyclic amines) is 1. The van der Waals surface area contributed by atoms with Crippen LogP contribution in [0.4, 0.5) is 0 Å². The minimum atomic E-state index is 0.203. The van der Waals surface area contributed by atoms with Crippen LogP contribution in [0.2, 0.25) is 0 Å². The Bertz CT molecular complexity index is 498. The van der Waals surface area contributed by atoms with Gasteiger partial charge in [0.25, 0.3) is 5.91 Å². The molecule has 1 aliphatic heterocycles. The number of piperidine rings is 1. The van der Waals surface area contributed by atoms with Gasteiger partial charge in [-0.1, -0.05) is 6.07 Å². The highest BCUT2D eigenvalue weighted by molar-refractivity contribution is 6.17. The first kappa shape index (κ1) is 13.9. The van der Waals surface area contributed by atoms with Crippen LogP contribution in [-0.2, 0) is 12.8 Å². The molecule has 0 spiro atoms. The van der Waals surface area contributed by atoms with Crippen LogP contribution >= 0.6 is 11.6 Å². The van der Waals surface area contributed by atoms with Crippen molar-refractivity contribution in [2.45, 2.75) is 51.0 Å². The third-order valence-electron chi connectivity index (χ3n) is 4.68. The van der Waals surface area contributed by atoms with Crippen molar-refractivity contribution in [2.24, 2.45) is 0 Å². The zero-order chi connectivity index (χ0) is 13.9. The molecule has 0 bridgehead atoms. The lowest BCUT2D eigenvalue weighted by Gasteiger charge is -2.35. The van der Waals surface area contributed by atoms with Crippen LogP contribution in [0.1, 0.15) is 53.6 Å². The summed E-state index contributed by atoms with van der Waals surface area (Å²) < 4.78 is 0. The Labute approximate surface area is 126 Å². The van der Waals surface area contributed by atoms with E-state index in [1.807, 2.05) is 6.07 Å². The van der Waals surface area contributed by atoms with E-state index in [1.165, 1.54) is 30.4 Å². The molecule has 0 aromatic heterocycles. The van der Waals surface area contributed by atoms with E-state index >= 15 is 0 Å². The molecule has 0 saturated carbocycles. The largest absolute Gasteiger partial charge is 0.336 e. The first-order valence-electron chi connectivity index (χ1n) is 7.78. The predicted octanol–water partition coefficient (Wildman–Crippen LogP) is 3.80. The molecule has 0 radical (unpaired) electrons. The highest BCUT2D eigenvalue weighted by Crippen LogP contribution is 2.26. The van der Waals surface area contributed by atoms with Crippen molar-refractivity contribution in [3.05, 3.63) is 34.9 Å². The van der Waals surface area contributed by atoms with Gasteiger partial charge >= 0.3 is 0 Å². The topological polar surface area (TPSA) is 20.3 Å². The Kier molecular flexibility index (Phi) is 4.30. The summed E-state index contributed by atoms with van der Waals surface area (Å²) in [6.07, 6.45) is 7.88. The molecule has 3 heteroatoms. The summed E-state index contributed by atoms with van der Waals surface area (Å²) in [5, 5.41) is 0. The predicted molar refractivity (Wildman–Crippen MR) is 82.5 cm³/mol. The van der Waals surface area contributed by atoms with Crippen LogP contribution in [0, 0.1) is 0 Å². The number of nitrogens with zero attached hydrogens (tertiary/aromatic N) is 1. The van der Waals surface area contributed by atoms with Gasteiger partial charge in [-0.3, -0.25) is 4.79 Å². The third kappa shape index (κ3) is 2.71. The minimum absolute atomic E-state index is 0.203. The van der Waals surface area contributed by atoms with Gasteiger partial charge in [-0.25, -0.2) is 0 Å². The van der Waals surface area contributed by atoms with E-state index in [4.69, 9.17) is 11.6 Å². The lowest BCUT2D eigenvalue weighted by Crippen LogP contribution is -2.44. The van der Waals surface area contributed by atoms with Crippen molar-refractivity contribution >= 4 is 17.5 Å². The normalized spacial score (nSPS) is 21.9. The molecule has 1 saturated heterocycles. The van der Waals surface area contributed by atoms with Gasteiger partial charge in [0.15, 0.2) is 0 Å². The van der Waals surface area contributed by atoms with E-state index in [1.54, 1.807) is 0 Å². The van der Waals surface area contributed by atoms with Crippen LogP contribution in [0.5, 0.6) is 0 Å². The van der Waals surface area contributed by atoms with Crippen molar-refractivity contribution in [3.63, 3.8) is 0 Å². The van der Waals surface area contributed by atoms with Crippen LogP contribution in [0.3, 0.4) is 0 Å². The number of amides is 1. The van der Waals surface area contributed by atoms with Crippen LogP contribution in [-0.4, -0.2) is 29.3 Å². The monoisotopic (exact) mass is 291 g/mol. The Morgan fingerprint density at radius 2 is 2.05 bits per heavy atom. The summed E-state index contributed by atoms with van der Waals surface area (Å²) in [7, 11) is 0. The highest BCUT2D eigenvalue weighted by Gasteiger charge is 2.27. The van der Waals surface area contributed by atoms with Gasteiger partial charge in [-0.05, 0) is 68.2 Å². The number of carbonyl (C=O) groups excluding carboxylic acids is 1. The number of benzene rings is 1. The van der Waals surface area contributed by atoms with E-state index in [2.05, 4.69) is 17.0 Å². The smallest absolute Gasteiger partial charge is 0.254 e. The fraction of sp³-hybridized carbons (Fsp3) is 0.588. The molecule has 20 heavy (non-hydrogen) atoms. The lowest BCUT2D eigenvalue weighted by molar-refractivity contribution is 0.0609. The Balaban J connectivity index is 1.80. The minimum Gasteiger partial charge on any atom is -0.336 e. The van der Waals surface area contributed by atoms with E-state index in [0.717, 1.165) is 37.8 Å². The molecule has 1 amide bonds. The van der Waals surface area contributed by atoms with Crippen LogP contribution < -0.4 is 0 Å². The summed E-state index contributed by atoms with van der Waals surface area (Å²) in [5.41, 5.74) is 3.67. The van der Waals surface area contributed by atoms with Gasteiger partial charge in [-0.2, -0.15) is 0 Å². The number of fused-ring (bicyclic) bond motifs is 1. The van der Waals surface area contributed by atoms with Crippen molar-refractivity contribution in [3.8, 4) is 0 Å². The molecule has 3 rings (SSSR count). The van der Waals surface area contributed by atoms with Crippen molar-refractivity contribution in [2.75, 3.05) is 12.4 Å². The first-order valence-corrected chi connectivity index (χ1v) is 8.32. The summed E-state index contributed by atoms with van der Waals surface area (Å²) in [6, 6.07) is 6.62. The van der Waals surface area contributed by atoms with Crippen molar-refractivity contribution < 1.29 is 4.79 Å². The molecule has 1 unspecified atom stereocenters. The molecule has 108 valence electrons. The maximum Gasteiger partial charge on any atom is 0.254 e. The average molecular weight is 292 g/mol. The summed E-state index contributed by atoms with van der Waals surface area (Å²) in [5.74, 6) is 0.841. The number of carbonyl (C=O) groups is 1. The zero-order valence-corrected chi connectivity index (χ0v) is 12.7. The second kappa shape index (κ2) is 6.17. The van der Waals surface area contributed by atoms with Crippen molar-refractivity contribution in [1.82, 2.24) is 4.90 Å². The number of hydrogen-bond donors (Lipinski definition) is 0. The SMILES string of the molecule is O=C(c1ccc2c(c1)CCC2)N1CCCCC1CCCl. The van der Waals surface area contributed by atoms with Gasteiger partial charge in [0.05, 0.1) is 0 Å². The Morgan fingerprint density at radius 3 is 2.90 bits per heavy atom. The molecule has 1 aromatic rings. The molecule has 1 atom stereocenters. The van der Waals surface area contributed by atoms with Gasteiger partial charge < -0.3 is 4.90 Å². The quantitative estimate of drug-likeness (QED) is 0.776.